The number of anilines is 1. The molecule has 0 saturated heterocycles. The number of imidazole rings is 1. The van der Waals surface area contributed by atoms with Gasteiger partial charge in [0.25, 0.3) is 0 Å². The summed E-state index contributed by atoms with van der Waals surface area (Å²) in [6, 6.07) is 12.5. The van der Waals surface area contributed by atoms with E-state index in [1.54, 1.807) is 11.8 Å². The van der Waals surface area contributed by atoms with Gasteiger partial charge in [-0.15, -0.1) is 11.8 Å². The second-order valence-corrected chi connectivity index (χ2v) is 7.58. The molecule has 4 nitrogen and oxygen atoms in total. The van der Waals surface area contributed by atoms with Gasteiger partial charge in [0.1, 0.15) is 5.65 Å². The molecule has 0 radical (unpaired) electrons. The number of hydrogen-bond donors (Lipinski definition) is 0. The molecule has 1 aliphatic rings. The number of aryl methyl sites for hydroxylation is 1. The summed E-state index contributed by atoms with van der Waals surface area (Å²) in [4.78, 5) is 19.3. The average Bonchev–Trinajstić information content (AvgIpc) is 3.15. The third-order valence-corrected chi connectivity index (χ3v) is 5.63. The van der Waals surface area contributed by atoms with Gasteiger partial charge in [0.05, 0.1) is 11.4 Å². The van der Waals surface area contributed by atoms with Gasteiger partial charge in [0, 0.05) is 29.9 Å². The highest BCUT2D eigenvalue weighted by Gasteiger charge is 2.30. The number of fused-ring (bicyclic) bond motifs is 2. The molecule has 0 saturated carbocycles. The second kappa shape index (κ2) is 6.56. The van der Waals surface area contributed by atoms with E-state index >= 15 is 0 Å². The van der Waals surface area contributed by atoms with Gasteiger partial charge < -0.3 is 9.30 Å². The maximum absolute atomic E-state index is 12.7. The minimum Gasteiger partial charge on any atom is -0.308 e. The van der Waals surface area contributed by atoms with E-state index < -0.39 is 0 Å². The van der Waals surface area contributed by atoms with Crippen molar-refractivity contribution in [3.05, 3.63) is 65.6 Å². The zero-order valence-electron chi connectivity index (χ0n) is 14.5. The van der Waals surface area contributed by atoms with Gasteiger partial charge in [-0.2, -0.15) is 0 Å². The summed E-state index contributed by atoms with van der Waals surface area (Å²) in [7, 11) is 0. The van der Waals surface area contributed by atoms with E-state index in [1.807, 2.05) is 46.0 Å². The smallest absolute Gasteiger partial charge is 0.237 e. The van der Waals surface area contributed by atoms with Crippen molar-refractivity contribution in [3.63, 3.8) is 0 Å². The van der Waals surface area contributed by atoms with E-state index in [1.165, 1.54) is 5.56 Å². The topological polar surface area (TPSA) is 37.6 Å². The lowest BCUT2D eigenvalue weighted by Crippen LogP contribution is -2.37. The molecule has 4 rings (SSSR count). The molecule has 0 fully saturated rings. The molecule has 0 spiro atoms. The lowest BCUT2D eigenvalue weighted by Gasteiger charge is -2.22. The number of para-hydroxylation sites is 1. The first-order valence-electron chi connectivity index (χ1n) is 8.54. The van der Waals surface area contributed by atoms with Gasteiger partial charge in [-0.3, -0.25) is 4.79 Å². The third-order valence-electron chi connectivity index (χ3n) is 4.68. The number of hydrogen-bond acceptors (Lipinski definition) is 3. The monoisotopic (exact) mass is 351 g/mol. The molecule has 3 heterocycles. The quantitative estimate of drug-likeness (QED) is 0.716. The Morgan fingerprint density at radius 3 is 2.96 bits per heavy atom. The number of rotatable bonds is 4. The lowest BCUT2D eigenvalue weighted by molar-refractivity contribution is -0.116. The molecule has 2 aromatic heterocycles. The van der Waals surface area contributed by atoms with Crippen molar-refractivity contribution in [1.82, 2.24) is 9.38 Å². The van der Waals surface area contributed by atoms with E-state index in [9.17, 15) is 4.79 Å². The van der Waals surface area contributed by atoms with Crippen LogP contribution in [0, 0.1) is 6.92 Å². The summed E-state index contributed by atoms with van der Waals surface area (Å²) in [6.07, 6.45) is 5.00. The molecule has 1 amide bonds. The van der Waals surface area contributed by atoms with Crippen molar-refractivity contribution < 1.29 is 4.79 Å². The Morgan fingerprint density at radius 2 is 2.12 bits per heavy atom. The molecule has 1 atom stereocenters. The number of nitrogens with zero attached hydrogens (tertiary/aromatic N) is 3. The number of thioether (sulfide) groups is 1. The summed E-state index contributed by atoms with van der Waals surface area (Å²) in [5, 5.41) is 0. The Hall–Kier alpha value is -2.27. The van der Waals surface area contributed by atoms with Gasteiger partial charge in [0.15, 0.2) is 0 Å². The minimum atomic E-state index is 0.183. The molecule has 0 N–H and O–H groups in total. The Kier molecular flexibility index (Phi) is 4.25. The van der Waals surface area contributed by atoms with Crippen molar-refractivity contribution >= 4 is 29.0 Å². The molecule has 1 aromatic carbocycles. The van der Waals surface area contributed by atoms with Crippen LogP contribution in [-0.2, 0) is 17.0 Å². The van der Waals surface area contributed by atoms with E-state index in [0.717, 1.165) is 34.8 Å². The average molecular weight is 351 g/mol. The zero-order valence-corrected chi connectivity index (χ0v) is 15.3. The normalized spacial score (nSPS) is 16.4. The fourth-order valence-corrected chi connectivity index (χ4v) is 4.30. The number of aromatic nitrogens is 2. The van der Waals surface area contributed by atoms with Crippen LogP contribution in [0.1, 0.15) is 23.7 Å². The predicted octanol–water partition coefficient (Wildman–Crippen LogP) is 3.85. The van der Waals surface area contributed by atoms with E-state index in [-0.39, 0.29) is 11.9 Å². The molecular formula is C20H21N3OS. The van der Waals surface area contributed by atoms with Gasteiger partial charge in [-0.25, -0.2) is 4.98 Å². The lowest BCUT2D eigenvalue weighted by atomic mass is 10.1. The van der Waals surface area contributed by atoms with Crippen LogP contribution in [0.2, 0.25) is 0 Å². The molecule has 5 heteroatoms. The zero-order chi connectivity index (χ0) is 17.4. The number of carbonyl (C=O) groups is 1. The van der Waals surface area contributed by atoms with Crippen molar-refractivity contribution in [2.24, 2.45) is 0 Å². The highest BCUT2D eigenvalue weighted by Crippen LogP contribution is 2.32. The molecule has 25 heavy (non-hydrogen) atoms. The van der Waals surface area contributed by atoms with Gasteiger partial charge in [0.2, 0.25) is 5.91 Å². The van der Waals surface area contributed by atoms with Gasteiger partial charge in [-0.05, 0) is 43.5 Å². The largest absolute Gasteiger partial charge is 0.308 e. The molecule has 0 unspecified atom stereocenters. The van der Waals surface area contributed by atoms with Crippen molar-refractivity contribution in [3.8, 4) is 0 Å². The first kappa shape index (κ1) is 16.2. The number of benzene rings is 1. The minimum absolute atomic E-state index is 0.183. The summed E-state index contributed by atoms with van der Waals surface area (Å²) < 4.78 is 2.05. The Balaban J connectivity index is 1.41. The van der Waals surface area contributed by atoms with Crippen LogP contribution >= 0.6 is 11.8 Å². The van der Waals surface area contributed by atoms with Crippen LogP contribution in [0.3, 0.4) is 0 Å². The number of pyridine rings is 1. The molecule has 0 aliphatic carbocycles. The van der Waals surface area contributed by atoms with Gasteiger partial charge in [-0.1, -0.05) is 24.3 Å². The standard InChI is InChI=1S/C20H21N3OS/c1-14-6-5-9-22-11-17(21-20(14)22)12-25-13-19(24)23-15(2)10-16-7-3-4-8-18(16)23/h3-9,11,15H,10,12-13H2,1-2H3/t15-/m0/s1. The predicted molar refractivity (Wildman–Crippen MR) is 103 cm³/mol. The van der Waals surface area contributed by atoms with Crippen LogP contribution in [0.5, 0.6) is 0 Å². The Labute approximate surface area is 151 Å². The third kappa shape index (κ3) is 3.04. The van der Waals surface area contributed by atoms with E-state index in [0.29, 0.717) is 5.75 Å². The van der Waals surface area contributed by atoms with Crippen molar-refractivity contribution in [2.75, 3.05) is 10.7 Å². The SMILES string of the molecule is Cc1cccn2cc(CSCC(=O)N3c4ccccc4C[C@@H]3C)nc12. The Bertz CT molecular complexity index is 934. The molecule has 128 valence electrons. The summed E-state index contributed by atoms with van der Waals surface area (Å²) >= 11 is 1.63. The van der Waals surface area contributed by atoms with E-state index in [2.05, 4.69) is 31.0 Å². The van der Waals surface area contributed by atoms with Crippen molar-refractivity contribution in [1.29, 1.82) is 0 Å². The highest BCUT2D eigenvalue weighted by molar-refractivity contribution is 7.99. The molecule has 1 aliphatic heterocycles. The number of carbonyl (C=O) groups excluding carboxylic acids is 1. The van der Waals surface area contributed by atoms with Crippen LogP contribution < -0.4 is 4.90 Å². The molecule has 3 aromatic rings. The fourth-order valence-electron chi connectivity index (χ4n) is 3.53. The first-order chi connectivity index (χ1) is 12.1. The summed E-state index contributed by atoms with van der Waals surface area (Å²) in [5.41, 5.74) is 5.51. The first-order valence-corrected chi connectivity index (χ1v) is 9.70. The van der Waals surface area contributed by atoms with Crippen LogP contribution in [0.4, 0.5) is 5.69 Å². The van der Waals surface area contributed by atoms with Crippen LogP contribution in [-0.4, -0.2) is 27.1 Å². The second-order valence-electron chi connectivity index (χ2n) is 6.59. The molecule has 0 bridgehead atoms. The van der Waals surface area contributed by atoms with Crippen LogP contribution in [0.25, 0.3) is 5.65 Å². The maximum Gasteiger partial charge on any atom is 0.237 e. The highest BCUT2D eigenvalue weighted by atomic mass is 32.2. The summed E-state index contributed by atoms with van der Waals surface area (Å²) in [5.74, 6) is 1.41. The number of amides is 1. The Morgan fingerprint density at radius 1 is 1.28 bits per heavy atom. The van der Waals surface area contributed by atoms with Crippen LogP contribution in [0.15, 0.2) is 48.8 Å². The van der Waals surface area contributed by atoms with Gasteiger partial charge >= 0.3 is 0 Å². The summed E-state index contributed by atoms with van der Waals surface area (Å²) in [6.45, 7) is 4.18. The maximum atomic E-state index is 12.7. The molecular weight excluding hydrogens is 330 g/mol. The fraction of sp³-hybridized carbons (Fsp3) is 0.300. The van der Waals surface area contributed by atoms with E-state index in [4.69, 9.17) is 0 Å². The van der Waals surface area contributed by atoms with Crippen molar-refractivity contribution in [2.45, 2.75) is 32.1 Å².